The minimum Gasteiger partial charge on any atom is -0.406 e. The van der Waals surface area contributed by atoms with E-state index in [1.165, 1.54) is 23.5 Å². The van der Waals surface area contributed by atoms with Gasteiger partial charge in [0.25, 0.3) is 5.91 Å². The van der Waals surface area contributed by atoms with Gasteiger partial charge in [0.15, 0.2) is 0 Å². The van der Waals surface area contributed by atoms with Crippen LogP contribution in [0.25, 0.3) is 10.1 Å². The van der Waals surface area contributed by atoms with Gasteiger partial charge in [-0.2, -0.15) is 0 Å². The summed E-state index contributed by atoms with van der Waals surface area (Å²) in [6.45, 7) is -0.329. The molecule has 2 amide bonds. The van der Waals surface area contributed by atoms with Crippen molar-refractivity contribution in [2.45, 2.75) is 6.36 Å². The molecule has 0 unspecified atom stereocenters. The number of fused-ring (bicyclic) bond motifs is 1. The largest absolute Gasteiger partial charge is 0.573 e. The number of thiophene rings is 1. The average Bonchev–Trinajstić information content (AvgIpc) is 2.97. The molecule has 0 bridgehead atoms. The highest BCUT2D eigenvalue weighted by molar-refractivity contribution is 7.21. The molecule has 5 nitrogen and oxygen atoms in total. The highest BCUT2D eigenvalue weighted by Crippen LogP contribution is 2.34. The summed E-state index contributed by atoms with van der Waals surface area (Å²) >= 11 is 7.43. The van der Waals surface area contributed by atoms with Gasteiger partial charge >= 0.3 is 6.36 Å². The number of hydrogen-bond donors (Lipinski definition) is 2. The lowest BCUT2D eigenvalue weighted by Gasteiger charge is -2.10. The first-order chi connectivity index (χ1) is 13.2. The summed E-state index contributed by atoms with van der Waals surface area (Å²) in [6, 6.07) is 11.9. The van der Waals surface area contributed by atoms with Gasteiger partial charge in [0, 0.05) is 15.8 Å². The molecular formula is C18H12ClF3N2O3S. The van der Waals surface area contributed by atoms with Crippen LogP contribution in [0.15, 0.2) is 48.5 Å². The molecular weight excluding hydrogens is 417 g/mol. The number of nitrogens with one attached hydrogen (secondary N) is 2. The lowest BCUT2D eigenvalue weighted by molar-refractivity contribution is -0.274. The molecule has 0 spiro atoms. The van der Waals surface area contributed by atoms with Gasteiger partial charge in [0.1, 0.15) is 10.6 Å². The van der Waals surface area contributed by atoms with Gasteiger partial charge in [-0.1, -0.05) is 29.8 Å². The number of rotatable bonds is 5. The van der Waals surface area contributed by atoms with E-state index in [0.717, 1.165) is 22.2 Å². The molecule has 0 atom stereocenters. The quantitative estimate of drug-likeness (QED) is 0.612. The van der Waals surface area contributed by atoms with Crippen LogP contribution in [-0.2, 0) is 4.79 Å². The fraction of sp³-hybridized carbons (Fsp3) is 0.111. The zero-order valence-corrected chi connectivity index (χ0v) is 15.5. The highest BCUT2D eigenvalue weighted by Gasteiger charge is 2.31. The van der Waals surface area contributed by atoms with Crippen molar-refractivity contribution in [2.75, 3.05) is 11.9 Å². The van der Waals surface area contributed by atoms with Crippen LogP contribution in [-0.4, -0.2) is 24.7 Å². The third-order valence-corrected chi connectivity index (χ3v) is 5.20. The molecule has 3 rings (SSSR count). The van der Waals surface area contributed by atoms with Crippen molar-refractivity contribution < 1.29 is 27.5 Å². The molecule has 0 aliphatic carbocycles. The van der Waals surface area contributed by atoms with Crippen molar-refractivity contribution in [3.63, 3.8) is 0 Å². The number of hydrogen-bond acceptors (Lipinski definition) is 4. The van der Waals surface area contributed by atoms with Crippen molar-refractivity contribution in [1.82, 2.24) is 5.32 Å². The molecule has 0 radical (unpaired) electrons. The Morgan fingerprint density at radius 1 is 1.07 bits per heavy atom. The van der Waals surface area contributed by atoms with Crippen molar-refractivity contribution in [3.05, 3.63) is 58.4 Å². The van der Waals surface area contributed by atoms with Crippen molar-refractivity contribution in [3.8, 4) is 5.75 Å². The summed E-state index contributed by atoms with van der Waals surface area (Å²) in [5.41, 5.74) is 0.258. The molecule has 10 heteroatoms. The number of carbonyl (C=O) groups is 2. The molecule has 146 valence electrons. The summed E-state index contributed by atoms with van der Waals surface area (Å²) in [7, 11) is 0. The number of alkyl halides is 3. The minimum atomic E-state index is -4.79. The molecule has 0 aliphatic rings. The second-order valence-corrected chi connectivity index (χ2v) is 6.97. The van der Waals surface area contributed by atoms with Crippen LogP contribution in [0.1, 0.15) is 9.67 Å². The van der Waals surface area contributed by atoms with Crippen molar-refractivity contribution in [2.24, 2.45) is 0 Å². The van der Waals surface area contributed by atoms with Crippen LogP contribution in [0.3, 0.4) is 0 Å². The second-order valence-electron chi connectivity index (χ2n) is 5.54. The lowest BCUT2D eigenvalue weighted by Crippen LogP contribution is -2.32. The fourth-order valence-electron chi connectivity index (χ4n) is 2.35. The van der Waals surface area contributed by atoms with Crippen LogP contribution in [0.5, 0.6) is 5.75 Å². The van der Waals surface area contributed by atoms with E-state index in [-0.39, 0.29) is 12.2 Å². The molecule has 1 heterocycles. The van der Waals surface area contributed by atoms with E-state index in [4.69, 9.17) is 11.6 Å². The molecule has 2 aromatic carbocycles. The molecule has 2 N–H and O–H groups in total. The Bertz CT molecular complexity index is 1020. The molecule has 0 fully saturated rings. The normalized spacial score (nSPS) is 11.3. The van der Waals surface area contributed by atoms with E-state index in [1.54, 1.807) is 12.1 Å². The predicted octanol–water partition coefficient (Wildman–Crippen LogP) is 4.82. The van der Waals surface area contributed by atoms with Crippen LogP contribution >= 0.6 is 22.9 Å². The summed E-state index contributed by atoms with van der Waals surface area (Å²) in [6.07, 6.45) is -4.79. The Morgan fingerprint density at radius 2 is 1.75 bits per heavy atom. The second kappa shape index (κ2) is 8.07. The van der Waals surface area contributed by atoms with Gasteiger partial charge < -0.3 is 15.4 Å². The SMILES string of the molecule is O=C(CNC(=O)c1sc2ccccc2c1Cl)Nc1ccc(OC(F)(F)F)cc1. The molecule has 3 aromatic rings. The summed E-state index contributed by atoms with van der Waals surface area (Å²) in [4.78, 5) is 24.5. The van der Waals surface area contributed by atoms with Crippen LogP contribution in [0, 0.1) is 0 Å². The van der Waals surface area contributed by atoms with E-state index in [1.807, 2.05) is 12.1 Å². The number of ether oxygens (including phenoxy) is 1. The molecule has 1 aromatic heterocycles. The Kier molecular flexibility index (Phi) is 5.76. The monoisotopic (exact) mass is 428 g/mol. The molecule has 0 aliphatic heterocycles. The first-order valence-corrected chi connectivity index (χ1v) is 9.03. The van der Waals surface area contributed by atoms with E-state index < -0.39 is 23.9 Å². The van der Waals surface area contributed by atoms with Crippen molar-refractivity contribution in [1.29, 1.82) is 0 Å². The van der Waals surface area contributed by atoms with E-state index in [9.17, 15) is 22.8 Å². The first kappa shape index (κ1) is 20.0. The third-order valence-electron chi connectivity index (χ3n) is 3.52. The molecule has 0 saturated heterocycles. The topological polar surface area (TPSA) is 67.4 Å². The number of anilines is 1. The number of halogens is 4. The Labute approximate surface area is 166 Å². The summed E-state index contributed by atoms with van der Waals surface area (Å²) in [5, 5.41) is 6.00. The van der Waals surface area contributed by atoms with E-state index in [2.05, 4.69) is 15.4 Å². The predicted molar refractivity (Wildman–Crippen MR) is 101 cm³/mol. The van der Waals surface area contributed by atoms with Gasteiger partial charge in [-0.25, -0.2) is 0 Å². The van der Waals surface area contributed by atoms with Crippen LogP contribution in [0.2, 0.25) is 5.02 Å². The van der Waals surface area contributed by atoms with E-state index >= 15 is 0 Å². The molecule has 28 heavy (non-hydrogen) atoms. The van der Waals surface area contributed by atoms with Gasteiger partial charge in [0.2, 0.25) is 5.91 Å². The Balaban J connectivity index is 1.56. The smallest absolute Gasteiger partial charge is 0.406 e. The maximum absolute atomic E-state index is 12.3. The van der Waals surface area contributed by atoms with Gasteiger partial charge in [-0.3, -0.25) is 9.59 Å². The summed E-state index contributed by atoms with van der Waals surface area (Å²) in [5.74, 6) is -1.44. The number of benzene rings is 2. The maximum atomic E-state index is 12.3. The Morgan fingerprint density at radius 3 is 2.39 bits per heavy atom. The van der Waals surface area contributed by atoms with Crippen molar-refractivity contribution >= 4 is 50.5 Å². The zero-order valence-electron chi connectivity index (χ0n) is 14.0. The zero-order chi connectivity index (χ0) is 20.3. The summed E-state index contributed by atoms with van der Waals surface area (Å²) < 4.78 is 41.0. The lowest BCUT2D eigenvalue weighted by atomic mass is 10.2. The minimum absolute atomic E-state index is 0.258. The van der Waals surface area contributed by atoms with E-state index in [0.29, 0.717) is 9.90 Å². The number of amides is 2. The third kappa shape index (κ3) is 4.93. The maximum Gasteiger partial charge on any atom is 0.573 e. The fourth-order valence-corrected chi connectivity index (χ4v) is 3.78. The number of carbonyl (C=O) groups excluding carboxylic acids is 2. The van der Waals surface area contributed by atoms with Gasteiger partial charge in [0.05, 0.1) is 11.6 Å². The van der Waals surface area contributed by atoms with Crippen LogP contribution in [0.4, 0.5) is 18.9 Å². The van der Waals surface area contributed by atoms with Gasteiger partial charge in [-0.05, 0) is 30.3 Å². The van der Waals surface area contributed by atoms with Gasteiger partial charge in [-0.15, -0.1) is 24.5 Å². The highest BCUT2D eigenvalue weighted by atomic mass is 35.5. The molecule has 0 saturated carbocycles. The standard InChI is InChI=1S/C18H12ClF3N2O3S/c19-15-12-3-1-2-4-13(12)28-16(15)17(26)23-9-14(25)24-10-5-7-11(8-6-10)27-18(20,21)22/h1-8H,9H2,(H,23,26)(H,24,25). The Hall–Kier alpha value is -2.78. The van der Waals surface area contributed by atoms with Crippen LogP contribution < -0.4 is 15.4 Å². The first-order valence-electron chi connectivity index (χ1n) is 7.84. The average molecular weight is 429 g/mol.